The van der Waals surface area contributed by atoms with E-state index in [1.54, 1.807) is 20.8 Å². The molecule has 0 N–H and O–H groups in total. The van der Waals surface area contributed by atoms with Gasteiger partial charge in [0.2, 0.25) is 6.10 Å². The van der Waals surface area contributed by atoms with Crippen molar-refractivity contribution in [1.82, 2.24) is 0 Å². The summed E-state index contributed by atoms with van der Waals surface area (Å²) >= 11 is 0. The maximum atomic E-state index is 12.0. The van der Waals surface area contributed by atoms with Gasteiger partial charge in [0.25, 0.3) is 0 Å². The van der Waals surface area contributed by atoms with E-state index in [2.05, 4.69) is 0 Å². The molecule has 1 atom stereocenters. The van der Waals surface area contributed by atoms with Crippen LogP contribution in [0.5, 0.6) is 0 Å². The predicted octanol–water partition coefficient (Wildman–Crippen LogP) is 2.80. The molecule has 0 spiro atoms. The monoisotopic (exact) mass is 324 g/mol. The van der Waals surface area contributed by atoms with Gasteiger partial charge in [0.15, 0.2) is 0 Å². The Morgan fingerprint density at radius 1 is 1.09 bits per heavy atom. The topological polar surface area (TPSA) is 71.1 Å². The van der Waals surface area contributed by atoms with Crippen molar-refractivity contribution >= 4 is 11.9 Å². The molecule has 0 fully saturated rings. The lowest BCUT2D eigenvalue weighted by atomic mass is 10.2. The second-order valence-electron chi connectivity index (χ2n) is 5.99. The van der Waals surface area contributed by atoms with Gasteiger partial charge in [-0.3, -0.25) is 4.79 Å². The molecule has 0 saturated heterocycles. The Balaban J connectivity index is 2.36. The Kier molecular flexibility index (Phi) is 7.71. The van der Waals surface area contributed by atoms with Gasteiger partial charge in [-0.2, -0.15) is 0 Å². The molecular formula is C17H24O6. The van der Waals surface area contributed by atoms with Gasteiger partial charge in [0.05, 0.1) is 6.61 Å². The Morgan fingerprint density at radius 3 is 2.30 bits per heavy atom. The van der Waals surface area contributed by atoms with Gasteiger partial charge in [-0.25, -0.2) is 14.6 Å². The maximum Gasteiger partial charge on any atom is 0.348 e. The Labute approximate surface area is 136 Å². The number of carbonyl (C=O) groups is 2. The predicted molar refractivity (Wildman–Crippen MR) is 83.2 cm³/mol. The van der Waals surface area contributed by atoms with Crippen molar-refractivity contribution in [2.24, 2.45) is 0 Å². The van der Waals surface area contributed by atoms with Crippen LogP contribution in [-0.4, -0.2) is 30.3 Å². The number of hydrogen-bond donors (Lipinski definition) is 0. The normalized spacial score (nSPS) is 12.5. The molecule has 23 heavy (non-hydrogen) atoms. The minimum atomic E-state index is -1.01. The van der Waals surface area contributed by atoms with E-state index < -0.39 is 23.6 Å². The lowest BCUT2D eigenvalue weighted by molar-refractivity contribution is -0.306. The van der Waals surface area contributed by atoms with Crippen molar-refractivity contribution in [3.63, 3.8) is 0 Å². The fourth-order valence-corrected chi connectivity index (χ4v) is 1.69. The minimum absolute atomic E-state index is 0.101. The summed E-state index contributed by atoms with van der Waals surface area (Å²) in [4.78, 5) is 33.2. The van der Waals surface area contributed by atoms with Crippen LogP contribution in [0.15, 0.2) is 30.3 Å². The first-order chi connectivity index (χ1) is 10.8. The first-order valence-corrected chi connectivity index (χ1v) is 7.46. The van der Waals surface area contributed by atoms with Crippen molar-refractivity contribution in [1.29, 1.82) is 0 Å². The standard InChI is InChI=1S/C17H24O6/c1-13(18)22-15(16(19)23-17(2,3)4)10-11-20-21-12-14-8-6-5-7-9-14/h5-9,15H,10-12H2,1-4H3/t15-/m0/s1. The van der Waals surface area contributed by atoms with Crippen molar-refractivity contribution in [3.8, 4) is 0 Å². The van der Waals surface area contributed by atoms with Gasteiger partial charge >= 0.3 is 11.9 Å². The summed E-state index contributed by atoms with van der Waals surface area (Å²) in [6.45, 7) is 6.87. The first kappa shape index (κ1) is 19.1. The third-order valence-corrected chi connectivity index (χ3v) is 2.59. The molecule has 6 heteroatoms. The quantitative estimate of drug-likeness (QED) is 0.317. The summed E-state index contributed by atoms with van der Waals surface area (Å²) in [5.74, 6) is -1.15. The van der Waals surface area contributed by atoms with E-state index in [1.165, 1.54) is 6.92 Å². The second kappa shape index (κ2) is 9.27. The highest BCUT2D eigenvalue weighted by Gasteiger charge is 2.27. The van der Waals surface area contributed by atoms with Gasteiger partial charge in [-0.15, -0.1) is 0 Å². The summed E-state index contributed by atoms with van der Waals surface area (Å²) in [6, 6.07) is 9.53. The van der Waals surface area contributed by atoms with Gasteiger partial charge < -0.3 is 9.47 Å². The van der Waals surface area contributed by atoms with Crippen LogP contribution in [0.25, 0.3) is 0 Å². The van der Waals surface area contributed by atoms with E-state index in [0.29, 0.717) is 6.61 Å². The molecule has 1 aromatic rings. The molecule has 0 bridgehead atoms. The molecule has 0 radical (unpaired) electrons. The summed E-state index contributed by atoms with van der Waals surface area (Å²) < 4.78 is 10.2. The fourth-order valence-electron chi connectivity index (χ4n) is 1.69. The minimum Gasteiger partial charge on any atom is -0.457 e. The van der Waals surface area contributed by atoms with Crippen molar-refractivity contribution in [2.45, 2.75) is 52.4 Å². The van der Waals surface area contributed by atoms with E-state index in [1.807, 2.05) is 30.3 Å². The van der Waals surface area contributed by atoms with Crippen LogP contribution in [0.3, 0.4) is 0 Å². The van der Waals surface area contributed by atoms with Gasteiger partial charge in [0, 0.05) is 13.3 Å². The van der Waals surface area contributed by atoms with Crippen LogP contribution < -0.4 is 0 Å². The van der Waals surface area contributed by atoms with Crippen molar-refractivity contribution in [2.75, 3.05) is 6.61 Å². The van der Waals surface area contributed by atoms with Crippen LogP contribution in [0.1, 0.15) is 39.7 Å². The molecule has 0 unspecified atom stereocenters. The second-order valence-corrected chi connectivity index (χ2v) is 5.99. The molecule has 1 rings (SSSR count). The van der Waals surface area contributed by atoms with Gasteiger partial charge in [-0.05, 0) is 26.3 Å². The maximum absolute atomic E-state index is 12.0. The molecular weight excluding hydrogens is 300 g/mol. The zero-order valence-corrected chi connectivity index (χ0v) is 14.0. The summed E-state index contributed by atoms with van der Waals surface area (Å²) in [7, 11) is 0. The highest BCUT2D eigenvalue weighted by molar-refractivity contribution is 5.78. The number of esters is 2. The lowest BCUT2D eigenvalue weighted by Gasteiger charge is -2.23. The number of carbonyl (C=O) groups excluding carboxylic acids is 2. The van der Waals surface area contributed by atoms with Crippen LogP contribution in [-0.2, 0) is 35.4 Å². The van der Waals surface area contributed by atoms with Crippen LogP contribution in [0, 0.1) is 0 Å². The number of hydrogen-bond acceptors (Lipinski definition) is 6. The number of ether oxygens (including phenoxy) is 2. The molecule has 0 heterocycles. The van der Waals surface area contributed by atoms with Crippen LogP contribution >= 0.6 is 0 Å². The molecule has 0 aromatic heterocycles. The smallest absolute Gasteiger partial charge is 0.348 e. The summed E-state index contributed by atoms with van der Waals surface area (Å²) in [5, 5.41) is 0. The molecule has 128 valence electrons. The van der Waals surface area contributed by atoms with Gasteiger partial charge in [0.1, 0.15) is 12.2 Å². The zero-order chi connectivity index (χ0) is 17.3. The van der Waals surface area contributed by atoms with Crippen LogP contribution in [0.4, 0.5) is 0 Å². The van der Waals surface area contributed by atoms with E-state index in [-0.39, 0.29) is 13.0 Å². The molecule has 0 amide bonds. The molecule has 0 aliphatic rings. The van der Waals surface area contributed by atoms with Gasteiger partial charge in [-0.1, -0.05) is 30.3 Å². The van der Waals surface area contributed by atoms with E-state index >= 15 is 0 Å². The van der Waals surface area contributed by atoms with E-state index in [9.17, 15) is 9.59 Å². The molecule has 0 saturated carbocycles. The largest absolute Gasteiger partial charge is 0.457 e. The third-order valence-electron chi connectivity index (χ3n) is 2.59. The Morgan fingerprint density at radius 2 is 1.74 bits per heavy atom. The number of rotatable bonds is 8. The zero-order valence-electron chi connectivity index (χ0n) is 14.0. The summed E-state index contributed by atoms with van der Waals surface area (Å²) in [5.41, 5.74) is 0.316. The third kappa shape index (κ3) is 8.95. The SMILES string of the molecule is CC(=O)O[C@@H](CCOOCc1ccccc1)C(=O)OC(C)(C)C. The highest BCUT2D eigenvalue weighted by Crippen LogP contribution is 2.12. The Bertz CT molecular complexity index is 492. The average molecular weight is 324 g/mol. The Hall–Kier alpha value is -1.92. The molecule has 0 aliphatic carbocycles. The number of benzene rings is 1. The summed E-state index contributed by atoms with van der Waals surface area (Å²) in [6.07, 6.45) is -0.851. The fraction of sp³-hybridized carbons (Fsp3) is 0.529. The molecule has 0 aliphatic heterocycles. The van der Waals surface area contributed by atoms with Crippen molar-refractivity contribution < 1.29 is 28.8 Å². The first-order valence-electron chi connectivity index (χ1n) is 7.46. The van der Waals surface area contributed by atoms with E-state index in [0.717, 1.165) is 5.56 Å². The molecule has 6 nitrogen and oxygen atoms in total. The average Bonchev–Trinajstić information content (AvgIpc) is 2.44. The van der Waals surface area contributed by atoms with Crippen LogP contribution in [0.2, 0.25) is 0 Å². The van der Waals surface area contributed by atoms with Crippen molar-refractivity contribution in [3.05, 3.63) is 35.9 Å². The van der Waals surface area contributed by atoms with E-state index in [4.69, 9.17) is 19.2 Å². The molecule has 1 aromatic carbocycles. The lowest BCUT2D eigenvalue weighted by Crippen LogP contribution is -2.35. The highest BCUT2D eigenvalue weighted by atomic mass is 17.2.